The first-order chi connectivity index (χ1) is 10.8. The second-order valence-electron chi connectivity index (χ2n) is 7.75. The summed E-state index contributed by atoms with van der Waals surface area (Å²) in [6.45, 7) is 11.0. The Balaban J connectivity index is 2.57. The van der Waals surface area contributed by atoms with Crippen molar-refractivity contribution in [2.45, 2.75) is 97.7 Å². The standard InChI is InChI=1S/C19H36O4/c1-6-9-15(7-2)10-14(4)12-19(5)13-16(8-3)17(22-23-19)11-18(20)21/h14-17H,6-13H2,1-5H3,(H,20,21)/t14?,15?,16-,17-,19+/m0/s1. The number of hydrogen-bond donors (Lipinski definition) is 1. The Morgan fingerprint density at radius 3 is 2.57 bits per heavy atom. The molecule has 1 saturated heterocycles. The zero-order valence-electron chi connectivity index (χ0n) is 15.6. The molecular formula is C19H36O4. The van der Waals surface area contributed by atoms with E-state index in [-0.39, 0.29) is 24.0 Å². The lowest BCUT2D eigenvalue weighted by Gasteiger charge is -2.42. The third-order valence-electron chi connectivity index (χ3n) is 5.28. The number of carboxylic acid groups (broad SMARTS) is 1. The quantitative estimate of drug-likeness (QED) is 0.559. The van der Waals surface area contributed by atoms with E-state index in [1.807, 2.05) is 0 Å². The van der Waals surface area contributed by atoms with Gasteiger partial charge in [-0.3, -0.25) is 4.79 Å². The van der Waals surface area contributed by atoms with Gasteiger partial charge in [0.25, 0.3) is 0 Å². The van der Waals surface area contributed by atoms with Crippen LogP contribution in [0.1, 0.15) is 86.0 Å². The zero-order valence-corrected chi connectivity index (χ0v) is 15.6. The van der Waals surface area contributed by atoms with Crippen LogP contribution in [0.4, 0.5) is 0 Å². The molecule has 1 fully saturated rings. The minimum atomic E-state index is -0.820. The molecule has 0 aromatic carbocycles. The Morgan fingerprint density at radius 1 is 1.35 bits per heavy atom. The summed E-state index contributed by atoms with van der Waals surface area (Å²) < 4.78 is 0. The molecule has 0 saturated carbocycles. The van der Waals surface area contributed by atoms with E-state index in [0.29, 0.717) is 5.92 Å². The largest absolute Gasteiger partial charge is 0.481 e. The van der Waals surface area contributed by atoms with Crippen molar-refractivity contribution in [3.63, 3.8) is 0 Å². The van der Waals surface area contributed by atoms with Crippen molar-refractivity contribution in [1.29, 1.82) is 0 Å². The van der Waals surface area contributed by atoms with Gasteiger partial charge < -0.3 is 5.11 Å². The Morgan fingerprint density at radius 2 is 2.04 bits per heavy atom. The molecule has 0 aromatic heterocycles. The van der Waals surface area contributed by atoms with Crippen molar-refractivity contribution in [2.24, 2.45) is 17.8 Å². The third-order valence-corrected chi connectivity index (χ3v) is 5.28. The summed E-state index contributed by atoms with van der Waals surface area (Å²) in [5.74, 6) is 0.826. The van der Waals surface area contributed by atoms with Crippen LogP contribution in [0.15, 0.2) is 0 Å². The van der Waals surface area contributed by atoms with Gasteiger partial charge in [-0.2, -0.15) is 0 Å². The lowest BCUT2D eigenvalue weighted by molar-refractivity contribution is -0.419. The lowest BCUT2D eigenvalue weighted by Crippen LogP contribution is -2.45. The van der Waals surface area contributed by atoms with E-state index >= 15 is 0 Å². The highest BCUT2D eigenvalue weighted by Crippen LogP contribution is 2.39. The first-order valence-electron chi connectivity index (χ1n) is 9.39. The van der Waals surface area contributed by atoms with Gasteiger partial charge in [-0.15, -0.1) is 0 Å². The van der Waals surface area contributed by atoms with E-state index in [9.17, 15) is 4.79 Å². The van der Waals surface area contributed by atoms with Crippen LogP contribution >= 0.6 is 0 Å². The van der Waals surface area contributed by atoms with Crippen LogP contribution in [0, 0.1) is 17.8 Å². The molecule has 0 aromatic rings. The normalized spacial score (nSPS) is 30.8. The predicted molar refractivity (Wildman–Crippen MR) is 92.1 cm³/mol. The van der Waals surface area contributed by atoms with Gasteiger partial charge >= 0.3 is 5.97 Å². The molecular weight excluding hydrogens is 292 g/mol. The fourth-order valence-electron chi connectivity index (χ4n) is 4.16. The van der Waals surface area contributed by atoms with Gasteiger partial charge in [0.1, 0.15) is 11.7 Å². The maximum absolute atomic E-state index is 10.9. The molecule has 0 amide bonds. The maximum atomic E-state index is 10.9. The van der Waals surface area contributed by atoms with Gasteiger partial charge in [0.05, 0.1) is 6.42 Å². The fourth-order valence-corrected chi connectivity index (χ4v) is 4.16. The van der Waals surface area contributed by atoms with Crippen LogP contribution in [-0.2, 0) is 14.6 Å². The number of rotatable bonds is 10. The lowest BCUT2D eigenvalue weighted by atomic mass is 9.78. The SMILES string of the molecule is CCCC(CC)CC(C)C[C@]1(C)C[C@H](CC)[C@H](CC(=O)O)OO1. The van der Waals surface area contributed by atoms with Gasteiger partial charge in [0.15, 0.2) is 0 Å². The molecule has 1 heterocycles. The molecule has 23 heavy (non-hydrogen) atoms. The number of carboxylic acids is 1. The molecule has 1 aliphatic heterocycles. The van der Waals surface area contributed by atoms with Crippen molar-refractivity contribution in [1.82, 2.24) is 0 Å². The van der Waals surface area contributed by atoms with E-state index in [0.717, 1.165) is 25.2 Å². The van der Waals surface area contributed by atoms with Crippen LogP contribution in [0.5, 0.6) is 0 Å². The average molecular weight is 328 g/mol. The van der Waals surface area contributed by atoms with Gasteiger partial charge in [-0.1, -0.05) is 53.4 Å². The van der Waals surface area contributed by atoms with E-state index in [1.54, 1.807) is 0 Å². The number of hydrogen-bond acceptors (Lipinski definition) is 3. The Kier molecular flexibility index (Phi) is 8.56. The summed E-state index contributed by atoms with van der Waals surface area (Å²) in [6, 6.07) is 0. The molecule has 2 unspecified atom stereocenters. The van der Waals surface area contributed by atoms with Crippen LogP contribution in [0.2, 0.25) is 0 Å². The van der Waals surface area contributed by atoms with Gasteiger partial charge in [-0.25, -0.2) is 9.78 Å². The first-order valence-corrected chi connectivity index (χ1v) is 9.39. The van der Waals surface area contributed by atoms with E-state index in [1.165, 1.54) is 25.7 Å². The number of carbonyl (C=O) groups is 1. The van der Waals surface area contributed by atoms with E-state index < -0.39 is 5.97 Å². The highest BCUT2D eigenvalue weighted by atomic mass is 17.2. The second-order valence-corrected chi connectivity index (χ2v) is 7.75. The Labute approximate surface area is 141 Å². The summed E-state index contributed by atoms with van der Waals surface area (Å²) in [7, 11) is 0. The third kappa shape index (κ3) is 6.80. The minimum Gasteiger partial charge on any atom is -0.481 e. The van der Waals surface area contributed by atoms with Gasteiger partial charge in [0.2, 0.25) is 0 Å². The van der Waals surface area contributed by atoms with Crippen molar-refractivity contribution in [3.05, 3.63) is 0 Å². The molecule has 0 aliphatic carbocycles. The van der Waals surface area contributed by atoms with E-state index in [4.69, 9.17) is 14.9 Å². The monoisotopic (exact) mass is 328 g/mol. The van der Waals surface area contributed by atoms with Gasteiger partial charge in [0, 0.05) is 0 Å². The van der Waals surface area contributed by atoms with Crippen LogP contribution in [0.25, 0.3) is 0 Å². The molecule has 1 aliphatic rings. The minimum absolute atomic E-state index is 0.0263. The molecule has 4 nitrogen and oxygen atoms in total. The zero-order chi connectivity index (χ0) is 17.5. The first kappa shape index (κ1) is 20.4. The molecule has 0 radical (unpaired) electrons. The van der Waals surface area contributed by atoms with Crippen molar-refractivity contribution in [2.75, 3.05) is 0 Å². The Hall–Kier alpha value is -0.610. The van der Waals surface area contributed by atoms with Crippen LogP contribution < -0.4 is 0 Å². The van der Waals surface area contributed by atoms with Crippen molar-refractivity contribution >= 4 is 5.97 Å². The molecule has 0 bridgehead atoms. The molecule has 0 spiro atoms. The summed E-state index contributed by atoms with van der Waals surface area (Å²) >= 11 is 0. The molecule has 136 valence electrons. The molecule has 4 heteroatoms. The summed E-state index contributed by atoms with van der Waals surface area (Å²) in [6.07, 6.45) is 7.52. The number of aliphatic carboxylic acids is 1. The van der Waals surface area contributed by atoms with Crippen LogP contribution in [0.3, 0.4) is 0 Å². The highest BCUT2D eigenvalue weighted by Gasteiger charge is 2.41. The van der Waals surface area contributed by atoms with Gasteiger partial charge in [-0.05, 0) is 43.9 Å². The second kappa shape index (κ2) is 9.63. The molecule has 1 N–H and O–H groups in total. The average Bonchev–Trinajstić information content (AvgIpc) is 2.48. The Bertz CT molecular complexity index is 357. The summed E-state index contributed by atoms with van der Waals surface area (Å²) in [5.41, 5.74) is -0.292. The topological polar surface area (TPSA) is 55.8 Å². The molecule has 5 atom stereocenters. The fraction of sp³-hybridized carbons (Fsp3) is 0.947. The van der Waals surface area contributed by atoms with Crippen molar-refractivity contribution < 1.29 is 19.7 Å². The smallest absolute Gasteiger partial charge is 0.306 e. The predicted octanol–water partition coefficient (Wildman–Crippen LogP) is 5.21. The summed E-state index contributed by atoms with van der Waals surface area (Å²) in [5, 5.41) is 9.00. The van der Waals surface area contributed by atoms with Crippen LogP contribution in [-0.4, -0.2) is 22.8 Å². The highest BCUT2D eigenvalue weighted by molar-refractivity contribution is 5.67. The van der Waals surface area contributed by atoms with Crippen molar-refractivity contribution in [3.8, 4) is 0 Å². The summed E-state index contributed by atoms with van der Waals surface area (Å²) in [4.78, 5) is 22.1. The maximum Gasteiger partial charge on any atom is 0.306 e. The molecule has 1 rings (SSSR count). The van der Waals surface area contributed by atoms with E-state index in [2.05, 4.69) is 34.6 Å².